The minimum Gasteiger partial charge on any atom is -0.378 e. The SMILES string of the molecule is Cc1nnnn1-c1cccc(NC(=O)c2ccccc2N2CCOCC2)c1. The largest absolute Gasteiger partial charge is 0.378 e. The zero-order valence-electron chi connectivity index (χ0n) is 15.0. The fourth-order valence-corrected chi connectivity index (χ4v) is 3.13. The second-order valence-corrected chi connectivity index (χ2v) is 6.26. The van der Waals surface area contributed by atoms with Gasteiger partial charge in [-0.25, -0.2) is 0 Å². The van der Waals surface area contributed by atoms with Crippen LogP contribution in [0, 0.1) is 6.92 Å². The van der Waals surface area contributed by atoms with Crippen molar-refractivity contribution in [2.45, 2.75) is 6.92 Å². The van der Waals surface area contributed by atoms with Crippen LogP contribution in [0.15, 0.2) is 48.5 Å². The van der Waals surface area contributed by atoms with Gasteiger partial charge in [0.15, 0.2) is 5.82 Å². The van der Waals surface area contributed by atoms with Crippen molar-refractivity contribution in [1.82, 2.24) is 20.2 Å². The molecule has 0 radical (unpaired) electrons. The second-order valence-electron chi connectivity index (χ2n) is 6.26. The van der Waals surface area contributed by atoms with Crippen molar-refractivity contribution < 1.29 is 9.53 Å². The number of carbonyl (C=O) groups is 1. The van der Waals surface area contributed by atoms with Crippen molar-refractivity contribution in [3.05, 3.63) is 59.9 Å². The number of hydrogen-bond donors (Lipinski definition) is 1. The zero-order chi connectivity index (χ0) is 18.6. The van der Waals surface area contributed by atoms with E-state index in [1.54, 1.807) is 4.68 Å². The summed E-state index contributed by atoms with van der Waals surface area (Å²) in [6.45, 7) is 4.72. The summed E-state index contributed by atoms with van der Waals surface area (Å²) >= 11 is 0. The number of morpholine rings is 1. The summed E-state index contributed by atoms with van der Waals surface area (Å²) in [5.74, 6) is 0.527. The minimum atomic E-state index is -0.150. The molecule has 2 heterocycles. The highest BCUT2D eigenvalue weighted by molar-refractivity contribution is 6.08. The van der Waals surface area contributed by atoms with Crippen LogP contribution in [-0.4, -0.2) is 52.4 Å². The summed E-state index contributed by atoms with van der Waals surface area (Å²) in [5, 5.41) is 14.5. The maximum absolute atomic E-state index is 12.9. The normalized spacial score (nSPS) is 14.2. The van der Waals surface area contributed by atoms with Gasteiger partial charge in [-0.2, -0.15) is 4.68 Å². The molecule has 0 atom stereocenters. The summed E-state index contributed by atoms with van der Waals surface area (Å²) in [4.78, 5) is 15.1. The van der Waals surface area contributed by atoms with E-state index >= 15 is 0 Å². The number of nitrogens with one attached hydrogen (secondary N) is 1. The van der Waals surface area contributed by atoms with Crippen LogP contribution in [0.5, 0.6) is 0 Å². The molecule has 4 rings (SSSR count). The van der Waals surface area contributed by atoms with E-state index in [0.29, 0.717) is 30.3 Å². The van der Waals surface area contributed by atoms with Gasteiger partial charge < -0.3 is 15.0 Å². The first-order valence-electron chi connectivity index (χ1n) is 8.81. The van der Waals surface area contributed by atoms with Crippen LogP contribution in [0.3, 0.4) is 0 Å². The molecule has 1 fully saturated rings. The smallest absolute Gasteiger partial charge is 0.257 e. The van der Waals surface area contributed by atoms with Gasteiger partial charge in [-0.1, -0.05) is 18.2 Å². The van der Waals surface area contributed by atoms with Crippen molar-refractivity contribution >= 4 is 17.3 Å². The molecule has 1 N–H and O–H groups in total. The van der Waals surface area contributed by atoms with E-state index in [1.165, 1.54) is 0 Å². The lowest BCUT2D eigenvalue weighted by Crippen LogP contribution is -2.37. The highest BCUT2D eigenvalue weighted by Crippen LogP contribution is 2.23. The van der Waals surface area contributed by atoms with Crippen LogP contribution in [0.25, 0.3) is 5.69 Å². The van der Waals surface area contributed by atoms with Crippen LogP contribution in [-0.2, 0) is 4.74 Å². The molecule has 1 aliphatic rings. The molecule has 0 saturated carbocycles. The predicted octanol–water partition coefficient (Wildman–Crippen LogP) is 2.06. The number of hydrogen-bond acceptors (Lipinski definition) is 6. The van der Waals surface area contributed by atoms with Gasteiger partial charge in [-0.3, -0.25) is 4.79 Å². The topological polar surface area (TPSA) is 85.2 Å². The Balaban J connectivity index is 1.57. The molecular formula is C19H20N6O2. The first-order valence-corrected chi connectivity index (χ1v) is 8.81. The third kappa shape index (κ3) is 3.65. The standard InChI is InChI=1S/C19H20N6O2/c1-14-21-22-23-25(14)16-6-4-5-15(13-16)20-19(26)17-7-2-3-8-18(17)24-9-11-27-12-10-24/h2-8,13H,9-12H2,1H3,(H,20,26). The van der Waals surface area contributed by atoms with Gasteiger partial charge in [0.05, 0.1) is 24.5 Å². The number of nitrogens with zero attached hydrogens (tertiary/aromatic N) is 5. The fraction of sp³-hybridized carbons (Fsp3) is 0.263. The Morgan fingerprint density at radius 2 is 1.93 bits per heavy atom. The number of aromatic nitrogens is 4. The predicted molar refractivity (Wildman–Crippen MR) is 101 cm³/mol. The molecule has 8 heteroatoms. The highest BCUT2D eigenvalue weighted by Gasteiger charge is 2.18. The Hall–Kier alpha value is -3.26. The number of aryl methyl sites for hydroxylation is 1. The monoisotopic (exact) mass is 364 g/mol. The summed E-state index contributed by atoms with van der Waals surface area (Å²) in [6.07, 6.45) is 0. The Bertz CT molecular complexity index is 949. The Kier molecular flexibility index (Phi) is 4.80. The van der Waals surface area contributed by atoms with Gasteiger partial charge >= 0.3 is 0 Å². The van der Waals surface area contributed by atoms with E-state index < -0.39 is 0 Å². The molecule has 1 aliphatic heterocycles. The number of carbonyl (C=O) groups excluding carboxylic acids is 1. The quantitative estimate of drug-likeness (QED) is 0.763. The van der Waals surface area contributed by atoms with Crippen molar-refractivity contribution in [3.8, 4) is 5.69 Å². The van der Waals surface area contributed by atoms with Crippen LogP contribution in [0.2, 0.25) is 0 Å². The summed E-state index contributed by atoms with van der Waals surface area (Å²) in [7, 11) is 0. The maximum Gasteiger partial charge on any atom is 0.257 e. The van der Waals surface area contributed by atoms with Crippen molar-refractivity contribution in [3.63, 3.8) is 0 Å². The van der Waals surface area contributed by atoms with Crippen LogP contribution >= 0.6 is 0 Å². The molecule has 0 spiro atoms. The van der Waals surface area contributed by atoms with E-state index in [-0.39, 0.29) is 5.91 Å². The summed E-state index contributed by atoms with van der Waals surface area (Å²) in [5.41, 5.74) is 3.04. The number of amides is 1. The maximum atomic E-state index is 12.9. The van der Waals surface area contributed by atoms with E-state index in [4.69, 9.17) is 4.74 Å². The number of benzene rings is 2. The van der Waals surface area contributed by atoms with Gasteiger partial charge in [0, 0.05) is 24.5 Å². The van der Waals surface area contributed by atoms with E-state index in [2.05, 4.69) is 25.7 Å². The molecule has 2 aromatic carbocycles. The molecule has 8 nitrogen and oxygen atoms in total. The lowest BCUT2D eigenvalue weighted by Gasteiger charge is -2.30. The number of rotatable bonds is 4. The molecule has 1 aromatic heterocycles. The van der Waals surface area contributed by atoms with Crippen LogP contribution in [0.1, 0.15) is 16.2 Å². The Labute approximate surface area is 156 Å². The lowest BCUT2D eigenvalue weighted by molar-refractivity contribution is 0.102. The number of tetrazole rings is 1. The van der Waals surface area contributed by atoms with Gasteiger partial charge in [0.25, 0.3) is 5.91 Å². The van der Waals surface area contributed by atoms with Crippen LogP contribution in [0.4, 0.5) is 11.4 Å². The highest BCUT2D eigenvalue weighted by atomic mass is 16.5. The second kappa shape index (κ2) is 7.55. The van der Waals surface area contributed by atoms with Crippen molar-refractivity contribution in [2.75, 3.05) is 36.5 Å². The molecule has 3 aromatic rings. The van der Waals surface area contributed by atoms with Crippen molar-refractivity contribution in [2.24, 2.45) is 0 Å². The molecule has 138 valence electrons. The number of ether oxygens (including phenoxy) is 1. The van der Waals surface area contributed by atoms with Gasteiger partial charge in [0.2, 0.25) is 0 Å². The van der Waals surface area contributed by atoms with Crippen LogP contribution < -0.4 is 10.2 Å². The van der Waals surface area contributed by atoms with E-state index in [1.807, 2.05) is 55.5 Å². The number of anilines is 2. The number of para-hydroxylation sites is 1. The fourth-order valence-electron chi connectivity index (χ4n) is 3.13. The molecule has 27 heavy (non-hydrogen) atoms. The van der Waals surface area contributed by atoms with Gasteiger partial charge in [-0.05, 0) is 47.7 Å². The van der Waals surface area contributed by atoms with Gasteiger partial charge in [0.1, 0.15) is 0 Å². The van der Waals surface area contributed by atoms with Gasteiger partial charge in [-0.15, -0.1) is 5.10 Å². The van der Waals surface area contributed by atoms with Crippen molar-refractivity contribution in [1.29, 1.82) is 0 Å². The van der Waals surface area contributed by atoms with E-state index in [9.17, 15) is 4.79 Å². The summed E-state index contributed by atoms with van der Waals surface area (Å²) in [6, 6.07) is 15.1. The van der Waals surface area contributed by atoms with E-state index in [0.717, 1.165) is 24.5 Å². The molecule has 0 unspecified atom stereocenters. The Morgan fingerprint density at radius 1 is 1.11 bits per heavy atom. The third-order valence-corrected chi connectivity index (χ3v) is 4.47. The zero-order valence-corrected chi connectivity index (χ0v) is 15.0. The molecule has 0 bridgehead atoms. The minimum absolute atomic E-state index is 0.150. The molecule has 1 saturated heterocycles. The molecule has 0 aliphatic carbocycles. The average molecular weight is 364 g/mol. The third-order valence-electron chi connectivity index (χ3n) is 4.47. The first-order chi connectivity index (χ1) is 13.2. The molecular weight excluding hydrogens is 344 g/mol. The molecule has 1 amide bonds. The lowest BCUT2D eigenvalue weighted by atomic mass is 10.1. The summed E-state index contributed by atoms with van der Waals surface area (Å²) < 4.78 is 7.04. The first kappa shape index (κ1) is 17.2. The average Bonchev–Trinajstić information content (AvgIpc) is 3.15. The Morgan fingerprint density at radius 3 is 2.70 bits per heavy atom.